The normalized spacial score (nSPS) is 16.2. The van der Waals surface area contributed by atoms with E-state index in [2.05, 4.69) is 5.32 Å². The molecule has 1 aromatic rings. The molecule has 1 atom stereocenters. The van der Waals surface area contributed by atoms with Gasteiger partial charge in [-0.1, -0.05) is 13.8 Å². The summed E-state index contributed by atoms with van der Waals surface area (Å²) in [5, 5.41) is 13.0. The molecule has 4 heteroatoms. The van der Waals surface area contributed by atoms with Crippen molar-refractivity contribution >= 4 is 5.69 Å². The van der Waals surface area contributed by atoms with Crippen molar-refractivity contribution in [1.29, 1.82) is 0 Å². The SMILES string of the molecule is CC(C)C(O)CNc1ccc2c(c1)OCCCO2. The van der Waals surface area contributed by atoms with Gasteiger partial charge in [-0.05, 0) is 18.1 Å². The zero-order valence-corrected chi connectivity index (χ0v) is 11.0. The number of ether oxygens (including phenoxy) is 2. The van der Waals surface area contributed by atoms with Crippen LogP contribution in [0.5, 0.6) is 11.5 Å². The van der Waals surface area contributed by atoms with Gasteiger partial charge in [-0.3, -0.25) is 0 Å². The predicted molar refractivity (Wildman–Crippen MR) is 71.4 cm³/mol. The van der Waals surface area contributed by atoms with Crippen molar-refractivity contribution in [3.05, 3.63) is 18.2 Å². The van der Waals surface area contributed by atoms with Crippen LogP contribution < -0.4 is 14.8 Å². The van der Waals surface area contributed by atoms with Crippen LogP contribution in [0.4, 0.5) is 5.69 Å². The van der Waals surface area contributed by atoms with E-state index < -0.39 is 0 Å². The van der Waals surface area contributed by atoms with E-state index in [1.54, 1.807) is 0 Å². The molecule has 0 bridgehead atoms. The van der Waals surface area contributed by atoms with E-state index >= 15 is 0 Å². The number of aliphatic hydroxyl groups is 1. The molecule has 1 aliphatic rings. The third-order valence-corrected chi connectivity index (χ3v) is 3.03. The smallest absolute Gasteiger partial charge is 0.163 e. The lowest BCUT2D eigenvalue weighted by Crippen LogP contribution is -2.24. The van der Waals surface area contributed by atoms with Crippen molar-refractivity contribution in [2.24, 2.45) is 5.92 Å². The monoisotopic (exact) mass is 251 g/mol. The second-order valence-electron chi connectivity index (χ2n) is 4.90. The Morgan fingerprint density at radius 1 is 1.22 bits per heavy atom. The van der Waals surface area contributed by atoms with Crippen molar-refractivity contribution in [3.63, 3.8) is 0 Å². The molecule has 0 saturated carbocycles. The number of anilines is 1. The van der Waals surface area contributed by atoms with E-state index in [0.29, 0.717) is 19.8 Å². The first-order valence-corrected chi connectivity index (χ1v) is 6.48. The molecular formula is C14H21NO3. The van der Waals surface area contributed by atoms with Gasteiger partial charge in [-0.25, -0.2) is 0 Å². The van der Waals surface area contributed by atoms with E-state index in [-0.39, 0.29) is 12.0 Å². The maximum absolute atomic E-state index is 9.75. The van der Waals surface area contributed by atoms with Gasteiger partial charge in [0.1, 0.15) is 0 Å². The molecular weight excluding hydrogens is 230 g/mol. The van der Waals surface area contributed by atoms with E-state index in [1.165, 1.54) is 0 Å². The lowest BCUT2D eigenvalue weighted by molar-refractivity contribution is 0.138. The molecule has 0 aliphatic carbocycles. The van der Waals surface area contributed by atoms with E-state index in [1.807, 2.05) is 32.0 Å². The van der Waals surface area contributed by atoms with Crippen LogP contribution in [0.15, 0.2) is 18.2 Å². The fraction of sp³-hybridized carbons (Fsp3) is 0.571. The average molecular weight is 251 g/mol. The molecule has 4 nitrogen and oxygen atoms in total. The van der Waals surface area contributed by atoms with Gasteiger partial charge in [0.15, 0.2) is 11.5 Å². The Bertz CT molecular complexity index is 393. The molecule has 18 heavy (non-hydrogen) atoms. The van der Waals surface area contributed by atoms with Crippen LogP contribution in [0, 0.1) is 5.92 Å². The first kappa shape index (κ1) is 13.0. The molecule has 0 fully saturated rings. The number of fused-ring (bicyclic) bond motifs is 1. The molecule has 2 rings (SSSR count). The number of nitrogens with one attached hydrogen (secondary N) is 1. The summed E-state index contributed by atoms with van der Waals surface area (Å²) < 4.78 is 11.2. The van der Waals surface area contributed by atoms with Gasteiger partial charge < -0.3 is 19.9 Å². The van der Waals surface area contributed by atoms with Crippen LogP contribution in [0.1, 0.15) is 20.3 Å². The molecule has 1 unspecified atom stereocenters. The Labute approximate surface area is 108 Å². The summed E-state index contributed by atoms with van der Waals surface area (Å²) in [4.78, 5) is 0. The molecule has 0 aromatic heterocycles. The quantitative estimate of drug-likeness (QED) is 0.862. The summed E-state index contributed by atoms with van der Waals surface area (Å²) in [6.45, 7) is 5.93. The summed E-state index contributed by atoms with van der Waals surface area (Å²) in [5.74, 6) is 1.82. The molecule has 1 heterocycles. The third kappa shape index (κ3) is 3.29. The van der Waals surface area contributed by atoms with E-state index in [0.717, 1.165) is 23.6 Å². The maximum atomic E-state index is 9.75. The molecule has 0 saturated heterocycles. The highest BCUT2D eigenvalue weighted by Crippen LogP contribution is 2.32. The summed E-state index contributed by atoms with van der Waals surface area (Å²) in [6, 6.07) is 5.78. The maximum Gasteiger partial charge on any atom is 0.163 e. The summed E-state index contributed by atoms with van der Waals surface area (Å²) in [5.41, 5.74) is 0.943. The minimum atomic E-state index is -0.346. The fourth-order valence-corrected chi connectivity index (χ4v) is 1.73. The van der Waals surface area contributed by atoms with E-state index in [9.17, 15) is 5.11 Å². The van der Waals surface area contributed by atoms with E-state index in [4.69, 9.17) is 9.47 Å². The van der Waals surface area contributed by atoms with Crippen LogP contribution in [0.25, 0.3) is 0 Å². The van der Waals surface area contributed by atoms with Crippen molar-refractivity contribution in [3.8, 4) is 11.5 Å². The first-order valence-electron chi connectivity index (χ1n) is 6.48. The molecule has 0 amide bonds. The highest BCUT2D eigenvalue weighted by Gasteiger charge is 2.12. The second kappa shape index (κ2) is 5.96. The molecule has 0 spiro atoms. The van der Waals surface area contributed by atoms with Crippen molar-refractivity contribution < 1.29 is 14.6 Å². The number of benzene rings is 1. The van der Waals surface area contributed by atoms with Gasteiger partial charge in [-0.2, -0.15) is 0 Å². The number of hydrogen-bond acceptors (Lipinski definition) is 4. The molecule has 0 radical (unpaired) electrons. The third-order valence-electron chi connectivity index (χ3n) is 3.03. The first-order chi connectivity index (χ1) is 8.66. The van der Waals surface area contributed by atoms with Gasteiger partial charge in [0.2, 0.25) is 0 Å². The predicted octanol–water partition coefficient (Wildman–Crippen LogP) is 2.28. The van der Waals surface area contributed by atoms with Gasteiger partial charge in [-0.15, -0.1) is 0 Å². The Kier molecular flexibility index (Phi) is 4.31. The highest BCUT2D eigenvalue weighted by molar-refractivity contribution is 5.55. The molecule has 100 valence electrons. The number of hydrogen-bond donors (Lipinski definition) is 2. The number of rotatable bonds is 4. The van der Waals surface area contributed by atoms with Crippen LogP contribution in [0.2, 0.25) is 0 Å². The molecule has 2 N–H and O–H groups in total. The minimum Gasteiger partial charge on any atom is -0.490 e. The standard InChI is InChI=1S/C14H21NO3/c1-10(2)12(16)9-15-11-4-5-13-14(8-11)18-7-3-6-17-13/h4-5,8,10,12,15-16H,3,6-7,9H2,1-2H3. The Balaban J connectivity index is 2.00. The van der Waals surface area contributed by atoms with Crippen molar-refractivity contribution in [2.75, 3.05) is 25.1 Å². The summed E-state index contributed by atoms with van der Waals surface area (Å²) >= 11 is 0. The van der Waals surface area contributed by atoms with Gasteiger partial charge in [0.25, 0.3) is 0 Å². The summed E-state index contributed by atoms with van der Waals surface area (Å²) in [6.07, 6.45) is 0.560. The van der Waals surface area contributed by atoms with Crippen LogP contribution in [0.3, 0.4) is 0 Å². The average Bonchev–Trinajstić information content (AvgIpc) is 2.60. The van der Waals surface area contributed by atoms with Crippen LogP contribution in [-0.2, 0) is 0 Å². The molecule has 1 aliphatic heterocycles. The lowest BCUT2D eigenvalue weighted by Gasteiger charge is -2.16. The van der Waals surface area contributed by atoms with Gasteiger partial charge in [0, 0.05) is 24.7 Å². The van der Waals surface area contributed by atoms with Gasteiger partial charge >= 0.3 is 0 Å². The zero-order valence-electron chi connectivity index (χ0n) is 11.0. The summed E-state index contributed by atoms with van der Waals surface area (Å²) in [7, 11) is 0. The topological polar surface area (TPSA) is 50.7 Å². The van der Waals surface area contributed by atoms with Crippen LogP contribution in [-0.4, -0.2) is 31.0 Å². The molecule has 1 aromatic carbocycles. The fourth-order valence-electron chi connectivity index (χ4n) is 1.73. The highest BCUT2D eigenvalue weighted by atomic mass is 16.5. The lowest BCUT2D eigenvalue weighted by atomic mass is 10.1. The number of aliphatic hydroxyl groups excluding tert-OH is 1. The minimum absolute atomic E-state index is 0.248. The largest absolute Gasteiger partial charge is 0.490 e. The van der Waals surface area contributed by atoms with Gasteiger partial charge in [0.05, 0.1) is 19.3 Å². The Hall–Kier alpha value is -1.42. The van der Waals surface area contributed by atoms with Crippen molar-refractivity contribution in [2.45, 2.75) is 26.4 Å². The zero-order chi connectivity index (χ0) is 13.0. The van der Waals surface area contributed by atoms with Crippen molar-refractivity contribution in [1.82, 2.24) is 0 Å². The van der Waals surface area contributed by atoms with Crippen LogP contribution >= 0.6 is 0 Å². The Morgan fingerprint density at radius 2 is 1.94 bits per heavy atom. The second-order valence-corrected chi connectivity index (χ2v) is 4.90. The Morgan fingerprint density at radius 3 is 2.67 bits per heavy atom.